The minimum absolute atomic E-state index is 0.174. The van der Waals surface area contributed by atoms with Gasteiger partial charge in [0.25, 0.3) is 5.91 Å². The smallest absolute Gasteiger partial charge is 0.344 e. The number of anilines is 1. The second-order valence-electron chi connectivity index (χ2n) is 6.86. The summed E-state index contributed by atoms with van der Waals surface area (Å²) < 4.78 is 10.6. The van der Waals surface area contributed by atoms with Gasteiger partial charge in [0.2, 0.25) is 0 Å². The summed E-state index contributed by atoms with van der Waals surface area (Å²) >= 11 is 0. The summed E-state index contributed by atoms with van der Waals surface area (Å²) in [5, 5.41) is 2.92. The Bertz CT molecular complexity index is 760. The maximum absolute atomic E-state index is 12.4. The third-order valence-corrected chi connectivity index (χ3v) is 3.54. The zero-order chi connectivity index (χ0) is 19.2. The number of esters is 1. The summed E-state index contributed by atoms with van der Waals surface area (Å²) in [6.07, 6.45) is 0.841. The molecule has 0 atom stereocenters. The molecule has 5 nitrogen and oxygen atoms in total. The lowest BCUT2D eigenvalue weighted by Crippen LogP contribution is -2.27. The van der Waals surface area contributed by atoms with Crippen LogP contribution < -0.4 is 10.1 Å². The Hall–Kier alpha value is -2.82. The zero-order valence-electron chi connectivity index (χ0n) is 15.7. The van der Waals surface area contributed by atoms with Crippen molar-refractivity contribution in [1.29, 1.82) is 0 Å². The number of aryl methyl sites for hydroxylation is 1. The first-order valence-electron chi connectivity index (χ1n) is 8.62. The van der Waals surface area contributed by atoms with Gasteiger partial charge in [0.1, 0.15) is 11.4 Å². The van der Waals surface area contributed by atoms with E-state index in [9.17, 15) is 9.59 Å². The highest BCUT2D eigenvalue weighted by Gasteiger charge is 2.16. The van der Waals surface area contributed by atoms with Crippen molar-refractivity contribution in [2.24, 2.45) is 0 Å². The molecule has 5 heteroatoms. The Morgan fingerprint density at radius 3 is 2.27 bits per heavy atom. The number of benzene rings is 2. The van der Waals surface area contributed by atoms with E-state index in [1.807, 2.05) is 31.2 Å². The Kier molecular flexibility index (Phi) is 6.39. The summed E-state index contributed by atoms with van der Waals surface area (Å²) in [5.41, 5.74) is 1.86. The second-order valence-corrected chi connectivity index (χ2v) is 6.86. The molecular formula is C21H25NO4. The van der Waals surface area contributed by atoms with Crippen LogP contribution >= 0.6 is 0 Å². The summed E-state index contributed by atoms with van der Waals surface area (Å²) in [6, 6.07) is 14.4. The lowest BCUT2D eigenvalue weighted by Gasteiger charge is -2.19. The number of para-hydroxylation sites is 1. The van der Waals surface area contributed by atoms with Crippen LogP contribution in [0.4, 0.5) is 5.69 Å². The highest BCUT2D eigenvalue weighted by Crippen LogP contribution is 2.18. The topological polar surface area (TPSA) is 64.6 Å². The average Bonchev–Trinajstić information content (AvgIpc) is 2.59. The van der Waals surface area contributed by atoms with Gasteiger partial charge < -0.3 is 14.8 Å². The van der Waals surface area contributed by atoms with Gasteiger partial charge in [0.05, 0.1) is 0 Å². The van der Waals surface area contributed by atoms with Gasteiger partial charge in [-0.2, -0.15) is 0 Å². The molecule has 0 bridgehead atoms. The molecule has 0 aliphatic heterocycles. The molecule has 0 unspecified atom stereocenters. The van der Waals surface area contributed by atoms with Crippen molar-refractivity contribution < 1.29 is 19.1 Å². The molecule has 26 heavy (non-hydrogen) atoms. The predicted octanol–water partition coefficient (Wildman–Crippen LogP) is 4.22. The van der Waals surface area contributed by atoms with Gasteiger partial charge in [0.15, 0.2) is 6.61 Å². The molecule has 0 saturated carbocycles. The van der Waals surface area contributed by atoms with Crippen molar-refractivity contribution in [2.75, 3.05) is 11.9 Å². The van der Waals surface area contributed by atoms with Gasteiger partial charge >= 0.3 is 5.97 Å². The van der Waals surface area contributed by atoms with Crippen LogP contribution in [0, 0.1) is 0 Å². The lowest BCUT2D eigenvalue weighted by molar-refractivity contribution is -0.157. The van der Waals surface area contributed by atoms with E-state index in [4.69, 9.17) is 9.47 Å². The van der Waals surface area contributed by atoms with Crippen molar-refractivity contribution in [3.8, 4) is 5.75 Å². The van der Waals surface area contributed by atoms with Crippen molar-refractivity contribution >= 4 is 17.6 Å². The van der Waals surface area contributed by atoms with Gasteiger partial charge in [-0.1, -0.05) is 25.1 Å². The molecule has 0 saturated heterocycles. The summed E-state index contributed by atoms with van der Waals surface area (Å²) in [5.74, 6) is -0.124. The number of rotatable bonds is 6. The van der Waals surface area contributed by atoms with Gasteiger partial charge in [-0.15, -0.1) is 0 Å². The molecule has 2 aromatic carbocycles. The number of amides is 1. The molecule has 0 aliphatic rings. The molecular weight excluding hydrogens is 330 g/mol. The van der Waals surface area contributed by atoms with E-state index in [2.05, 4.69) is 5.32 Å². The monoisotopic (exact) mass is 355 g/mol. The molecule has 2 aromatic rings. The first-order valence-corrected chi connectivity index (χ1v) is 8.62. The molecule has 0 aromatic heterocycles. The van der Waals surface area contributed by atoms with Gasteiger partial charge in [-0.05, 0) is 63.1 Å². The summed E-state index contributed by atoms with van der Waals surface area (Å²) in [6.45, 7) is 7.27. The molecule has 1 N–H and O–H groups in total. The van der Waals surface area contributed by atoms with Crippen LogP contribution in [0.15, 0.2) is 48.5 Å². The highest BCUT2D eigenvalue weighted by molar-refractivity contribution is 6.04. The summed E-state index contributed by atoms with van der Waals surface area (Å²) in [7, 11) is 0. The average molecular weight is 355 g/mol. The van der Waals surface area contributed by atoms with E-state index in [0.717, 1.165) is 17.7 Å². The molecule has 0 heterocycles. The highest BCUT2D eigenvalue weighted by atomic mass is 16.6. The van der Waals surface area contributed by atoms with Crippen LogP contribution in [-0.4, -0.2) is 24.1 Å². The first kappa shape index (κ1) is 19.5. The Morgan fingerprint density at radius 1 is 1.00 bits per heavy atom. The molecule has 1 amide bonds. The van der Waals surface area contributed by atoms with Crippen LogP contribution in [0.3, 0.4) is 0 Å². The van der Waals surface area contributed by atoms with Crippen molar-refractivity contribution in [1.82, 2.24) is 0 Å². The third kappa shape index (κ3) is 5.92. The van der Waals surface area contributed by atoms with Crippen LogP contribution in [0.5, 0.6) is 5.75 Å². The van der Waals surface area contributed by atoms with E-state index in [-0.39, 0.29) is 12.5 Å². The largest absolute Gasteiger partial charge is 0.482 e. The van der Waals surface area contributed by atoms with E-state index >= 15 is 0 Å². The van der Waals surface area contributed by atoms with Crippen LogP contribution in [-0.2, 0) is 16.0 Å². The number of hydrogen-bond acceptors (Lipinski definition) is 4. The van der Waals surface area contributed by atoms with Gasteiger partial charge in [-0.3, -0.25) is 4.79 Å². The van der Waals surface area contributed by atoms with Gasteiger partial charge in [-0.25, -0.2) is 4.79 Å². The third-order valence-electron chi connectivity index (χ3n) is 3.54. The van der Waals surface area contributed by atoms with E-state index in [0.29, 0.717) is 11.3 Å². The molecule has 138 valence electrons. The quantitative estimate of drug-likeness (QED) is 0.788. The van der Waals surface area contributed by atoms with Crippen LogP contribution in [0.25, 0.3) is 0 Å². The van der Waals surface area contributed by atoms with Crippen LogP contribution in [0.2, 0.25) is 0 Å². The number of hydrogen-bond donors (Lipinski definition) is 1. The maximum Gasteiger partial charge on any atom is 0.344 e. The van der Waals surface area contributed by atoms with Gasteiger partial charge in [0, 0.05) is 11.3 Å². The van der Waals surface area contributed by atoms with E-state index in [1.54, 1.807) is 45.0 Å². The van der Waals surface area contributed by atoms with E-state index < -0.39 is 11.6 Å². The maximum atomic E-state index is 12.4. The second kappa shape index (κ2) is 8.52. The predicted molar refractivity (Wildman–Crippen MR) is 102 cm³/mol. The molecule has 2 rings (SSSR count). The number of ether oxygens (including phenoxy) is 2. The fourth-order valence-corrected chi connectivity index (χ4v) is 2.36. The normalized spacial score (nSPS) is 10.9. The van der Waals surface area contributed by atoms with E-state index in [1.165, 1.54) is 0 Å². The molecule has 0 fully saturated rings. The van der Waals surface area contributed by atoms with Crippen LogP contribution in [0.1, 0.15) is 43.6 Å². The Morgan fingerprint density at radius 2 is 1.65 bits per heavy atom. The molecule has 0 radical (unpaired) electrons. The number of carbonyl (C=O) groups is 2. The minimum atomic E-state index is -0.544. The lowest BCUT2D eigenvalue weighted by atomic mass is 10.1. The Balaban J connectivity index is 1.94. The fraction of sp³-hybridized carbons (Fsp3) is 0.333. The first-order chi connectivity index (χ1) is 12.3. The standard InChI is InChI=1S/C21H25NO4/c1-5-15-8-6-7-9-18(15)22-20(24)16-10-12-17(13-11-16)25-14-19(23)26-21(2,3)4/h6-13H,5,14H2,1-4H3,(H,22,24). The van der Waals surface area contributed by atoms with Crippen molar-refractivity contribution in [2.45, 2.75) is 39.7 Å². The summed E-state index contributed by atoms with van der Waals surface area (Å²) in [4.78, 5) is 24.0. The van der Waals surface area contributed by atoms with Crippen molar-refractivity contribution in [3.63, 3.8) is 0 Å². The number of nitrogens with one attached hydrogen (secondary N) is 1. The fourth-order valence-electron chi connectivity index (χ4n) is 2.36. The minimum Gasteiger partial charge on any atom is -0.482 e. The Labute approximate surface area is 154 Å². The van der Waals surface area contributed by atoms with Crippen molar-refractivity contribution in [3.05, 3.63) is 59.7 Å². The number of carbonyl (C=O) groups excluding carboxylic acids is 2. The SMILES string of the molecule is CCc1ccccc1NC(=O)c1ccc(OCC(=O)OC(C)(C)C)cc1. The molecule has 0 aliphatic carbocycles. The zero-order valence-corrected chi connectivity index (χ0v) is 15.7. The molecule has 0 spiro atoms.